The van der Waals surface area contributed by atoms with Crippen molar-refractivity contribution in [3.63, 3.8) is 0 Å². The summed E-state index contributed by atoms with van der Waals surface area (Å²) in [7, 11) is 0. The SMILES string of the molecule is OCCOc1ccccc1OCc1nn(-c2ccccc2)c2c1CCC2. The molecule has 1 aliphatic rings. The van der Waals surface area contributed by atoms with Gasteiger partial charge in [-0.2, -0.15) is 5.10 Å². The van der Waals surface area contributed by atoms with Gasteiger partial charge in [-0.3, -0.25) is 0 Å². The van der Waals surface area contributed by atoms with Gasteiger partial charge in [-0.1, -0.05) is 30.3 Å². The molecule has 0 radical (unpaired) electrons. The zero-order valence-corrected chi connectivity index (χ0v) is 14.6. The topological polar surface area (TPSA) is 56.5 Å². The van der Waals surface area contributed by atoms with E-state index in [0.717, 1.165) is 30.6 Å². The molecule has 1 heterocycles. The van der Waals surface area contributed by atoms with Gasteiger partial charge in [0.05, 0.1) is 12.3 Å². The lowest BCUT2D eigenvalue weighted by atomic mass is 10.2. The van der Waals surface area contributed by atoms with Crippen LogP contribution in [0.5, 0.6) is 11.5 Å². The average molecular weight is 350 g/mol. The number of benzene rings is 2. The minimum absolute atomic E-state index is 0.0245. The minimum atomic E-state index is -0.0245. The Bertz CT molecular complexity index is 874. The van der Waals surface area contributed by atoms with Crippen LogP contribution in [-0.2, 0) is 19.4 Å². The number of para-hydroxylation sites is 3. The predicted molar refractivity (Wildman–Crippen MR) is 98.9 cm³/mol. The smallest absolute Gasteiger partial charge is 0.161 e. The van der Waals surface area contributed by atoms with E-state index >= 15 is 0 Å². The third kappa shape index (κ3) is 3.30. The Morgan fingerprint density at radius 1 is 0.923 bits per heavy atom. The minimum Gasteiger partial charge on any atom is -0.487 e. The number of hydrogen-bond donors (Lipinski definition) is 1. The zero-order valence-electron chi connectivity index (χ0n) is 14.6. The van der Waals surface area contributed by atoms with Crippen molar-refractivity contribution in [2.75, 3.05) is 13.2 Å². The number of nitrogens with zero attached hydrogens (tertiary/aromatic N) is 2. The number of hydrogen-bond acceptors (Lipinski definition) is 4. The van der Waals surface area contributed by atoms with Crippen molar-refractivity contribution in [1.82, 2.24) is 9.78 Å². The van der Waals surface area contributed by atoms with Crippen LogP contribution in [-0.4, -0.2) is 28.1 Å². The van der Waals surface area contributed by atoms with Gasteiger partial charge in [-0.05, 0) is 43.5 Å². The standard InChI is InChI=1S/C21H22N2O3/c24-13-14-25-20-11-4-5-12-21(20)26-15-18-17-9-6-10-19(17)23(22-18)16-7-2-1-3-8-16/h1-5,7-8,11-12,24H,6,9-10,13-15H2. The van der Waals surface area contributed by atoms with Crippen molar-refractivity contribution in [2.24, 2.45) is 0 Å². The molecule has 0 saturated heterocycles. The summed E-state index contributed by atoms with van der Waals surface area (Å²) in [5, 5.41) is 13.8. The normalized spacial score (nSPS) is 12.8. The van der Waals surface area contributed by atoms with Gasteiger partial charge in [0, 0.05) is 11.3 Å². The van der Waals surface area contributed by atoms with Crippen LogP contribution < -0.4 is 9.47 Å². The first-order valence-corrected chi connectivity index (χ1v) is 8.97. The highest BCUT2D eigenvalue weighted by Crippen LogP contribution is 2.31. The molecule has 0 spiro atoms. The Labute approximate surface area is 152 Å². The Balaban J connectivity index is 1.57. The fourth-order valence-corrected chi connectivity index (χ4v) is 3.40. The lowest BCUT2D eigenvalue weighted by molar-refractivity contribution is 0.192. The second-order valence-electron chi connectivity index (χ2n) is 6.28. The van der Waals surface area contributed by atoms with Crippen molar-refractivity contribution in [1.29, 1.82) is 0 Å². The summed E-state index contributed by atoms with van der Waals surface area (Å²) < 4.78 is 13.6. The second-order valence-corrected chi connectivity index (χ2v) is 6.28. The molecule has 0 bridgehead atoms. The van der Waals surface area contributed by atoms with Crippen LogP contribution in [0.25, 0.3) is 5.69 Å². The highest BCUT2D eigenvalue weighted by molar-refractivity contribution is 5.41. The fraction of sp³-hybridized carbons (Fsp3) is 0.286. The maximum atomic E-state index is 8.96. The number of fused-ring (bicyclic) bond motifs is 1. The lowest BCUT2D eigenvalue weighted by Gasteiger charge is -2.11. The number of aliphatic hydroxyl groups is 1. The molecule has 2 aromatic carbocycles. The number of rotatable bonds is 7. The average Bonchev–Trinajstić information content (AvgIpc) is 3.29. The maximum Gasteiger partial charge on any atom is 0.161 e. The van der Waals surface area contributed by atoms with Crippen molar-refractivity contribution in [2.45, 2.75) is 25.9 Å². The Hall–Kier alpha value is -2.79. The molecule has 0 saturated carbocycles. The molecule has 3 aromatic rings. The van der Waals surface area contributed by atoms with Gasteiger partial charge in [-0.15, -0.1) is 0 Å². The van der Waals surface area contributed by atoms with E-state index in [-0.39, 0.29) is 13.2 Å². The van der Waals surface area contributed by atoms with E-state index in [4.69, 9.17) is 19.7 Å². The molecule has 1 aromatic heterocycles. The van der Waals surface area contributed by atoms with Gasteiger partial charge in [0.15, 0.2) is 11.5 Å². The van der Waals surface area contributed by atoms with Crippen molar-refractivity contribution in [3.8, 4) is 17.2 Å². The summed E-state index contributed by atoms with van der Waals surface area (Å²) in [6.45, 7) is 0.628. The van der Waals surface area contributed by atoms with Crippen LogP contribution in [0, 0.1) is 0 Å². The molecule has 0 fully saturated rings. The molecule has 0 atom stereocenters. The number of aliphatic hydroxyl groups excluding tert-OH is 1. The first-order chi connectivity index (χ1) is 12.9. The Morgan fingerprint density at radius 3 is 2.42 bits per heavy atom. The van der Waals surface area contributed by atoms with Crippen LogP contribution in [0.15, 0.2) is 54.6 Å². The largest absolute Gasteiger partial charge is 0.487 e. The number of aromatic nitrogens is 2. The van der Waals surface area contributed by atoms with Crippen molar-refractivity contribution >= 4 is 0 Å². The van der Waals surface area contributed by atoms with Crippen LogP contribution in [0.4, 0.5) is 0 Å². The van der Waals surface area contributed by atoms with Crippen LogP contribution in [0.2, 0.25) is 0 Å². The van der Waals surface area contributed by atoms with Gasteiger partial charge in [0.2, 0.25) is 0 Å². The monoisotopic (exact) mass is 350 g/mol. The second kappa shape index (κ2) is 7.62. The van der Waals surface area contributed by atoms with Gasteiger partial charge in [0.1, 0.15) is 18.9 Å². The van der Waals surface area contributed by atoms with Crippen molar-refractivity contribution in [3.05, 3.63) is 71.5 Å². The van der Waals surface area contributed by atoms with Crippen molar-refractivity contribution < 1.29 is 14.6 Å². The Kier molecular flexibility index (Phi) is 4.88. The highest BCUT2D eigenvalue weighted by atomic mass is 16.5. The quantitative estimate of drug-likeness (QED) is 0.710. The summed E-state index contributed by atoms with van der Waals surface area (Å²) in [5.41, 5.74) is 4.67. The number of ether oxygens (including phenoxy) is 2. The Morgan fingerprint density at radius 2 is 1.65 bits per heavy atom. The molecule has 0 aliphatic heterocycles. The summed E-state index contributed by atoms with van der Waals surface area (Å²) >= 11 is 0. The molecule has 134 valence electrons. The summed E-state index contributed by atoms with van der Waals surface area (Å²) in [6, 6.07) is 17.8. The van der Waals surface area contributed by atoms with E-state index in [1.54, 1.807) is 0 Å². The molecule has 1 N–H and O–H groups in total. The third-order valence-electron chi connectivity index (χ3n) is 4.58. The summed E-state index contributed by atoms with van der Waals surface area (Å²) in [6.07, 6.45) is 3.25. The molecule has 26 heavy (non-hydrogen) atoms. The third-order valence-corrected chi connectivity index (χ3v) is 4.58. The van der Waals surface area contributed by atoms with E-state index < -0.39 is 0 Å². The van der Waals surface area contributed by atoms with Crippen LogP contribution >= 0.6 is 0 Å². The maximum absolute atomic E-state index is 8.96. The van der Waals surface area contributed by atoms with Gasteiger partial charge in [-0.25, -0.2) is 4.68 Å². The molecule has 0 amide bonds. The fourth-order valence-electron chi connectivity index (χ4n) is 3.40. The van der Waals surface area contributed by atoms with E-state index in [9.17, 15) is 0 Å². The zero-order chi connectivity index (χ0) is 17.8. The summed E-state index contributed by atoms with van der Waals surface area (Å²) in [4.78, 5) is 0. The van der Waals surface area contributed by atoms with Gasteiger partial charge in [0.25, 0.3) is 0 Å². The molecule has 0 unspecified atom stereocenters. The van der Waals surface area contributed by atoms with Gasteiger partial charge < -0.3 is 14.6 Å². The van der Waals surface area contributed by atoms with Crippen LogP contribution in [0.3, 0.4) is 0 Å². The van der Waals surface area contributed by atoms with Crippen LogP contribution in [0.1, 0.15) is 23.4 Å². The molecule has 5 heteroatoms. The predicted octanol–water partition coefficient (Wildman–Crippen LogP) is 3.31. The van der Waals surface area contributed by atoms with Gasteiger partial charge >= 0.3 is 0 Å². The van der Waals surface area contributed by atoms with E-state index in [1.807, 2.05) is 42.5 Å². The molecule has 4 rings (SSSR count). The molecule has 1 aliphatic carbocycles. The molecular formula is C21H22N2O3. The lowest BCUT2D eigenvalue weighted by Crippen LogP contribution is -2.05. The molecule has 5 nitrogen and oxygen atoms in total. The van der Waals surface area contributed by atoms with E-state index in [0.29, 0.717) is 18.1 Å². The highest BCUT2D eigenvalue weighted by Gasteiger charge is 2.23. The molecular weight excluding hydrogens is 328 g/mol. The van der Waals surface area contributed by atoms with E-state index in [2.05, 4.69) is 16.8 Å². The van der Waals surface area contributed by atoms with E-state index in [1.165, 1.54) is 11.3 Å². The first kappa shape index (κ1) is 16.7. The first-order valence-electron chi connectivity index (χ1n) is 8.97. The summed E-state index contributed by atoms with van der Waals surface area (Å²) in [5.74, 6) is 1.31.